The molecule has 0 aromatic heterocycles. The van der Waals surface area contributed by atoms with Crippen molar-refractivity contribution in [3.63, 3.8) is 0 Å². The van der Waals surface area contributed by atoms with Gasteiger partial charge in [0.2, 0.25) is 0 Å². The molecule has 0 aliphatic heterocycles. The Labute approximate surface area is 100 Å². The van der Waals surface area contributed by atoms with E-state index in [4.69, 9.17) is 5.73 Å². The van der Waals surface area contributed by atoms with Crippen LogP contribution in [0.2, 0.25) is 0 Å². The van der Waals surface area contributed by atoms with Crippen LogP contribution < -0.4 is 5.73 Å². The monoisotopic (exact) mass is 221 g/mol. The van der Waals surface area contributed by atoms with Crippen molar-refractivity contribution < 1.29 is 0 Å². The van der Waals surface area contributed by atoms with Crippen LogP contribution in [0.25, 0.3) is 0 Å². The van der Waals surface area contributed by atoms with E-state index in [9.17, 15) is 0 Å². The number of nitrogens with two attached hydrogens (primary N) is 1. The van der Waals surface area contributed by atoms with Gasteiger partial charge in [-0.25, -0.2) is 0 Å². The molecule has 3 aliphatic carbocycles. The van der Waals surface area contributed by atoms with Crippen LogP contribution in [0.1, 0.15) is 64.7 Å². The molecule has 2 N–H and O–H groups in total. The number of fused-ring (bicyclic) bond motifs is 3. The normalized spacial score (nSPS) is 51.4. The van der Waals surface area contributed by atoms with Crippen molar-refractivity contribution in [3.8, 4) is 0 Å². The van der Waals surface area contributed by atoms with Crippen molar-refractivity contribution in [2.75, 3.05) is 0 Å². The maximum atomic E-state index is 6.59. The molecule has 0 amide bonds. The first-order valence-electron chi connectivity index (χ1n) is 7.52. The van der Waals surface area contributed by atoms with Crippen LogP contribution >= 0.6 is 0 Å². The van der Waals surface area contributed by atoms with Crippen LogP contribution in [0.3, 0.4) is 0 Å². The Morgan fingerprint density at radius 1 is 1.25 bits per heavy atom. The lowest BCUT2D eigenvalue weighted by molar-refractivity contribution is 0.0456. The van der Waals surface area contributed by atoms with Gasteiger partial charge in [0.1, 0.15) is 0 Å². The second-order valence-corrected chi connectivity index (χ2v) is 6.78. The average Bonchev–Trinajstić information content (AvgIpc) is 2.84. The number of hydrogen-bond donors (Lipinski definition) is 1. The summed E-state index contributed by atoms with van der Waals surface area (Å²) in [4.78, 5) is 0. The van der Waals surface area contributed by atoms with Crippen LogP contribution in [0, 0.1) is 23.2 Å². The summed E-state index contributed by atoms with van der Waals surface area (Å²) in [7, 11) is 0. The highest BCUT2D eigenvalue weighted by Crippen LogP contribution is 2.62. The summed E-state index contributed by atoms with van der Waals surface area (Å²) in [5.74, 6) is 2.90. The molecular formula is C15H27N. The molecule has 92 valence electrons. The van der Waals surface area contributed by atoms with E-state index >= 15 is 0 Å². The largest absolute Gasteiger partial charge is 0.327 e. The summed E-state index contributed by atoms with van der Waals surface area (Å²) < 4.78 is 0. The SMILES string of the molecule is CCC[C@@H]1CCC[C@@]2(C1)C1CC[C@H](C1)[C@H]2N. The molecule has 0 aromatic rings. The molecule has 1 heteroatoms. The molecule has 2 bridgehead atoms. The fourth-order valence-corrected chi connectivity index (χ4v) is 5.40. The highest BCUT2D eigenvalue weighted by atomic mass is 14.8. The molecule has 3 aliphatic rings. The maximum Gasteiger partial charge on any atom is 0.0127 e. The van der Waals surface area contributed by atoms with Crippen molar-refractivity contribution in [1.29, 1.82) is 0 Å². The topological polar surface area (TPSA) is 26.0 Å². The Morgan fingerprint density at radius 2 is 2.12 bits per heavy atom. The van der Waals surface area contributed by atoms with Crippen molar-refractivity contribution in [1.82, 2.24) is 0 Å². The van der Waals surface area contributed by atoms with Gasteiger partial charge in [-0.05, 0) is 55.3 Å². The molecule has 0 heterocycles. The molecule has 5 atom stereocenters. The quantitative estimate of drug-likeness (QED) is 0.755. The van der Waals surface area contributed by atoms with Crippen LogP contribution in [0.4, 0.5) is 0 Å². The molecule has 1 spiro atoms. The predicted molar refractivity (Wildman–Crippen MR) is 68.1 cm³/mol. The standard InChI is InChI=1S/C15H27N/c1-2-4-11-5-3-8-15(10-11)13-7-6-12(9-13)14(15)16/h11-14H,2-10,16H2,1H3/t11-,12-,13?,14-,15-/m1/s1. The Balaban J connectivity index is 1.77. The second kappa shape index (κ2) is 4.01. The zero-order chi connectivity index (χ0) is 11.2. The summed E-state index contributed by atoms with van der Waals surface area (Å²) in [5, 5.41) is 0. The summed E-state index contributed by atoms with van der Waals surface area (Å²) in [6.45, 7) is 2.34. The first-order chi connectivity index (χ1) is 7.76. The molecule has 3 saturated carbocycles. The van der Waals surface area contributed by atoms with E-state index < -0.39 is 0 Å². The Kier molecular flexibility index (Phi) is 2.78. The Morgan fingerprint density at radius 3 is 2.81 bits per heavy atom. The van der Waals surface area contributed by atoms with E-state index in [0.717, 1.165) is 17.8 Å². The van der Waals surface area contributed by atoms with Crippen LogP contribution in [-0.2, 0) is 0 Å². The third-order valence-corrected chi connectivity index (χ3v) is 6.08. The summed E-state index contributed by atoms with van der Waals surface area (Å²) in [6.07, 6.45) is 13.1. The van der Waals surface area contributed by atoms with Gasteiger partial charge >= 0.3 is 0 Å². The van der Waals surface area contributed by atoms with E-state index in [1.54, 1.807) is 0 Å². The van der Waals surface area contributed by atoms with E-state index in [2.05, 4.69) is 6.92 Å². The van der Waals surface area contributed by atoms with Gasteiger partial charge in [-0.3, -0.25) is 0 Å². The van der Waals surface area contributed by atoms with E-state index in [1.807, 2.05) is 0 Å². The minimum Gasteiger partial charge on any atom is -0.327 e. The number of rotatable bonds is 2. The lowest BCUT2D eigenvalue weighted by atomic mass is 9.59. The van der Waals surface area contributed by atoms with Gasteiger partial charge in [-0.2, -0.15) is 0 Å². The van der Waals surface area contributed by atoms with Crippen molar-refractivity contribution >= 4 is 0 Å². The molecule has 16 heavy (non-hydrogen) atoms. The second-order valence-electron chi connectivity index (χ2n) is 6.78. The van der Waals surface area contributed by atoms with E-state index in [0.29, 0.717) is 11.5 Å². The highest BCUT2D eigenvalue weighted by Gasteiger charge is 2.57. The van der Waals surface area contributed by atoms with Crippen LogP contribution in [-0.4, -0.2) is 6.04 Å². The molecular weight excluding hydrogens is 194 g/mol. The summed E-state index contributed by atoms with van der Waals surface area (Å²) >= 11 is 0. The Hall–Kier alpha value is -0.0400. The van der Waals surface area contributed by atoms with E-state index in [1.165, 1.54) is 57.8 Å². The molecule has 0 saturated heterocycles. The molecule has 3 rings (SSSR count). The average molecular weight is 221 g/mol. The molecule has 1 nitrogen and oxygen atoms in total. The zero-order valence-corrected chi connectivity index (χ0v) is 10.8. The lowest BCUT2D eigenvalue weighted by Gasteiger charge is -2.48. The Bertz CT molecular complexity index is 256. The van der Waals surface area contributed by atoms with Gasteiger partial charge in [-0.15, -0.1) is 0 Å². The maximum absolute atomic E-state index is 6.59. The number of hydrogen-bond acceptors (Lipinski definition) is 1. The zero-order valence-electron chi connectivity index (χ0n) is 10.8. The first-order valence-corrected chi connectivity index (χ1v) is 7.52. The molecule has 3 fully saturated rings. The fraction of sp³-hybridized carbons (Fsp3) is 1.00. The smallest absolute Gasteiger partial charge is 0.0127 e. The third-order valence-electron chi connectivity index (χ3n) is 6.08. The van der Waals surface area contributed by atoms with Gasteiger partial charge in [0.25, 0.3) is 0 Å². The summed E-state index contributed by atoms with van der Waals surface area (Å²) in [5.41, 5.74) is 7.19. The summed E-state index contributed by atoms with van der Waals surface area (Å²) in [6, 6.07) is 0.561. The predicted octanol–water partition coefficient (Wildman–Crippen LogP) is 3.72. The van der Waals surface area contributed by atoms with Crippen LogP contribution in [0.5, 0.6) is 0 Å². The molecule has 0 aromatic carbocycles. The van der Waals surface area contributed by atoms with Gasteiger partial charge in [-0.1, -0.05) is 32.6 Å². The van der Waals surface area contributed by atoms with Gasteiger partial charge in [0.05, 0.1) is 0 Å². The van der Waals surface area contributed by atoms with Gasteiger partial charge < -0.3 is 5.73 Å². The first kappa shape index (κ1) is 11.1. The van der Waals surface area contributed by atoms with Crippen LogP contribution in [0.15, 0.2) is 0 Å². The fourth-order valence-electron chi connectivity index (χ4n) is 5.40. The van der Waals surface area contributed by atoms with Crippen molar-refractivity contribution in [3.05, 3.63) is 0 Å². The van der Waals surface area contributed by atoms with Gasteiger partial charge in [0, 0.05) is 6.04 Å². The minimum absolute atomic E-state index is 0.561. The lowest BCUT2D eigenvalue weighted by Crippen LogP contribution is -2.48. The minimum atomic E-state index is 0.561. The van der Waals surface area contributed by atoms with E-state index in [-0.39, 0.29) is 0 Å². The third kappa shape index (κ3) is 1.47. The van der Waals surface area contributed by atoms with Crippen molar-refractivity contribution in [2.24, 2.45) is 28.9 Å². The molecule has 1 unspecified atom stereocenters. The molecule has 0 radical (unpaired) electrons. The van der Waals surface area contributed by atoms with Crippen molar-refractivity contribution in [2.45, 2.75) is 70.8 Å². The highest BCUT2D eigenvalue weighted by molar-refractivity contribution is 5.09. The van der Waals surface area contributed by atoms with Gasteiger partial charge in [0.15, 0.2) is 0 Å².